The predicted molar refractivity (Wildman–Crippen MR) is 95.8 cm³/mol. The molecule has 1 spiro atoms. The fraction of sp³-hybridized carbons (Fsp3) is 0.727. The van der Waals surface area contributed by atoms with E-state index in [-0.39, 0.29) is 29.0 Å². The van der Waals surface area contributed by atoms with Crippen molar-refractivity contribution in [2.45, 2.75) is 59.4 Å². The summed E-state index contributed by atoms with van der Waals surface area (Å²) in [4.78, 5) is 25.4. The molecule has 2 bridgehead atoms. The van der Waals surface area contributed by atoms with E-state index in [0.29, 0.717) is 17.8 Å². The first-order valence-corrected chi connectivity index (χ1v) is 9.88. The van der Waals surface area contributed by atoms with Gasteiger partial charge in [0, 0.05) is 24.3 Å². The molecule has 140 valence electrons. The van der Waals surface area contributed by atoms with E-state index in [1.54, 1.807) is 0 Å². The minimum Gasteiger partial charge on any atom is -0.421 e. The largest absolute Gasteiger partial charge is 0.421 e. The van der Waals surface area contributed by atoms with Gasteiger partial charge < -0.3 is 9.47 Å². The molecule has 0 radical (unpaired) electrons. The molecule has 0 aromatic heterocycles. The summed E-state index contributed by atoms with van der Waals surface area (Å²) in [6, 6.07) is 0. The molecule has 5 aliphatic rings. The Hall–Kier alpha value is -1.42. The molecule has 3 aliphatic carbocycles. The monoisotopic (exact) mass is 356 g/mol. The lowest BCUT2D eigenvalue weighted by Crippen LogP contribution is -2.54. The smallest absolute Gasteiger partial charge is 0.305 e. The molecular weight excluding hydrogens is 328 g/mol. The van der Waals surface area contributed by atoms with Gasteiger partial charge in [-0.15, -0.1) is 0 Å². The molecule has 2 aliphatic heterocycles. The van der Waals surface area contributed by atoms with Crippen molar-refractivity contribution in [2.24, 2.45) is 40.9 Å². The number of ether oxygens (including phenoxy) is 2. The van der Waals surface area contributed by atoms with Crippen LogP contribution in [0.3, 0.4) is 0 Å². The van der Waals surface area contributed by atoms with Crippen LogP contribution in [0.2, 0.25) is 0 Å². The Morgan fingerprint density at radius 1 is 1.23 bits per heavy atom. The van der Waals surface area contributed by atoms with E-state index in [0.717, 1.165) is 11.1 Å². The molecule has 0 aromatic rings. The van der Waals surface area contributed by atoms with Crippen LogP contribution in [-0.2, 0) is 19.1 Å². The summed E-state index contributed by atoms with van der Waals surface area (Å²) >= 11 is 0. The van der Waals surface area contributed by atoms with Crippen LogP contribution >= 0.6 is 0 Å². The first-order chi connectivity index (χ1) is 12.1. The second kappa shape index (κ2) is 4.52. The van der Waals surface area contributed by atoms with Crippen LogP contribution in [-0.4, -0.2) is 23.1 Å². The highest BCUT2D eigenvalue weighted by atomic mass is 16.7. The summed E-state index contributed by atoms with van der Waals surface area (Å²) in [5.41, 5.74) is 1.53. The van der Waals surface area contributed by atoms with Crippen molar-refractivity contribution in [1.82, 2.24) is 0 Å². The molecule has 4 nitrogen and oxygen atoms in total. The first-order valence-electron chi connectivity index (χ1n) is 9.88. The number of hydrogen-bond acceptors (Lipinski definition) is 4. The predicted octanol–water partition coefficient (Wildman–Crippen LogP) is 3.66. The Morgan fingerprint density at radius 2 is 1.92 bits per heavy atom. The molecule has 0 aromatic carbocycles. The van der Waals surface area contributed by atoms with Crippen molar-refractivity contribution in [3.8, 4) is 0 Å². The van der Waals surface area contributed by atoms with Gasteiger partial charge in [0.15, 0.2) is 0 Å². The average molecular weight is 356 g/mol. The van der Waals surface area contributed by atoms with Gasteiger partial charge in [-0.3, -0.25) is 9.59 Å². The van der Waals surface area contributed by atoms with Gasteiger partial charge in [0.05, 0.1) is 5.92 Å². The van der Waals surface area contributed by atoms with Gasteiger partial charge in [-0.05, 0) is 43.4 Å². The number of rotatable bonds is 1. The van der Waals surface area contributed by atoms with Gasteiger partial charge in [-0.25, -0.2) is 0 Å². The lowest BCUT2D eigenvalue weighted by atomic mass is 9.67. The second-order valence-electron chi connectivity index (χ2n) is 9.94. The molecule has 1 saturated heterocycles. The van der Waals surface area contributed by atoms with Crippen LogP contribution in [0.4, 0.5) is 0 Å². The van der Waals surface area contributed by atoms with Crippen molar-refractivity contribution < 1.29 is 19.1 Å². The van der Waals surface area contributed by atoms with Crippen LogP contribution in [0.15, 0.2) is 23.3 Å². The standard InChI is InChI=1S/C22H28O4/c1-10-7-15-18(20(15,5)6)16-9-12(3)22(25-13(4)23)19(24)17-11(2)8-14(10)21(16,17)26-22/h8-10,14-18H,7H2,1-6H3/t10-,14+,15-,16+,17+,18-,21-,22-/m1/s1. The number of carbonyl (C=O) groups excluding carboxylic acids is 2. The van der Waals surface area contributed by atoms with E-state index in [1.165, 1.54) is 13.3 Å². The minimum atomic E-state index is -1.51. The lowest BCUT2D eigenvalue weighted by molar-refractivity contribution is -0.247. The minimum absolute atomic E-state index is 0.0793. The van der Waals surface area contributed by atoms with Crippen LogP contribution in [0.25, 0.3) is 0 Å². The maximum absolute atomic E-state index is 13.6. The van der Waals surface area contributed by atoms with E-state index < -0.39 is 17.4 Å². The Kier molecular flexibility index (Phi) is 2.91. The number of Topliss-reactive ketones (excluding diaryl/α,β-unsaturated/α-hetero) is 1. The van der Waals surface area contributed by atoms with Crippen molar-refractivity contribution in [3.05, 3.63) is 23.3 Å². The number of fused-ring (bicyclic) bond motifs is 3. The van der Waals surface area contributed by atoms with Gasteiger partial charge in [-0.2, -0.15) is 0 Å². The molecule has 0 unspecified atom stereocenters. The maximum Gasteiger partial charge on any atom is 0.305 e. The molecule has 0 amide bonds. The highest BCUT2D eigenvalue weighted by molar-refractivity contribution is 5.99. The molecule has 26 heavy (non-hydrogen) atoms. The molecule has 4 heteroatoms. The Bertz CT molecular complexity index is 805. The zero-order valence-electron chi connectivity index (χ0n) is 16.5. The highest BCUT2D eigenvalue weighted by Gasteiger charge is 2.79. The molecule has 0 N–H and O–H groups in total. The molecule has 3 fully saturated rings. The fourth-order valence-electron chi connectivity index (χ4n) is 7.20. The molecule has 5 rings (SSSR count). The molecule has 2 heterocycles. The Labute approximate surface area is 155 Å². The van der Waals surface area contributed by atoms with Gasteiger partial charge in [0.2, 0.25) is 5.78 Å². The Morgan fingerprint density at radius 3 is 2.58 bits per heavy atom. The summed E-state index contributed by atoms with van der Waals surface area (Å²) in [7, 11) is 0. The van der Waals surface area contributed by atoms with Gasteiger partial charge >= 0.3 is 5.97 Å². The highest BCUT2D eigenvalue weighted by Crippen LogP contribution is 2.75. The zero-order chi connectivity index (χ0) is 18.8. The van der Waals surface area contributed by atoms with Crippen LogP contribution < -0.4 is 0 Å². The molecule has 8 atom stereocenters. The molecular formula is C22H28O4. The molecule has 2 saturated carbocycles. The quantitative estimate of drug-likeness (QED) is 0.531. The second-order valence-corrected chi connectivity index (χ2v) is 9.94. The third-order valence-corrected chi connectivity index (χ3v) is 8.30. The zero-order valence-corrected chi connectivity index (χ0v) is 16.5. The number of ketones is 1. The topological polar surface area (TPSA) is 52.6 Å². The number of carbonyl (C=O) groups is 2. The van der Waals surface area contributed by atoms with Crippen molar-refractivity contribution >= 4 is 11.8 Å². The van der Waals surface area contributed by atoms with Crippen LogP contribution in [0, 0.1) is 40.9 Å². The van der Waals surface area contributed by atoms with Crippen molar-refractivity contribution in [2.75, 3.05) is 0 Å². The SMILES string of the molecule is CC(=O)O[C@]12O[C@]34[C@H](C1=O)C(C)=C[C@H]3[C@H](C)C[C@@H]1[C@H]([C@@H]4C=C2C)C1(C)C. The first kappa shape index (κ1) is 16.7. The summed E-state index contributed by atoms with van der Waals surface area (Å²) < 4.78 is 12.3. The number of esters is 1. The average Bonchev–Trinajstić information content (AvgIpc) is 2.85. The summed E-state index contributed by atoms with van der Waals surface area (Å²) in [6.45, 7) is 12.3. The van der Waals surface area contributed by atoms with E-state index in [1.807, 2.05) is 13.8 Å². The van der Waals surface area contributed by atoms with Gasteiger partial charge in [0.1, 0.15) is 5.60 Å². The van der Waals surface area contributed by atoms with Gasteiger partial charge in [-0.1, -0.05) is 38.5 Å². The number of hydrogen-bond donors (Lipinski definition) is 0. The normalized spacial score (nSPS) is 52.5. The third-order valence-electron chi connectivity index (χ3n) is 8.30. The van der Waals surface area contributed by atoms with Crippen molar-refractivity contribution in [3.63, 3.8) is 0 Å². The lowest BCUT2D eigenvalue weighted by Gasteiger charge is -2.47. The Balaban J connectivity index is 1.75. The fourth-order valence-corrected chi connectivity index (χ4v) is 7.20. The van der Waals surface area contributed by atoms with Crippen molar-refractivity contribution in [1.29, 1.82) is 0 Å². The van der Waals surface area contributed by atoms with Crippen LogP contribution in [0.1, 0.15) is 48.0 Å². The van der Waals surface area contributed by atoms with Gasteiger partial charge in [0.25, 0.3) is 5.79 Å². The van der Waals surface area contributed by atoms with E-state index in [2.05, 4.69) is 32.9 Å². The van der Waals surface area contributed by atoms with E-state index >= 15 is 0 Å². The maximum atomic E-state index is 13.6. The summed E-state index contributed by atoms with van der Waals surface area (Å²) in [6.07, 6.45) is 5.68. The van der Waals surface area contributed by atoms with Crippen LogP contribution in [0.5, 0.6) is 0 Å². The third kappa shape index (κ3) is 1.58. The summed E-state index contributed by atoms with van der Waals surface area (Å²) in [5.74, 6) is -0.327. The summed E-state index contributed by atoms with van der Waals surface area (Å²) in [5, 5.41) is 0. The van der Waals surface area contributed by atoms with E-state index in [9.17, 15) is 9.59 Å². The van der Waals surface area contributed by atoms with E-state index in [4.69, 9.17) is 9.47 Å².